The highest BCUT2D eigenvalue weighted by atomic mass is 16.5. The minimum Gasteiger partial charge on any atom is -0.436 e. The fourth-order valence-electron chi connectivity index (χ4n) is 3.35. The Morgan fingerprint density at radius 3 is 2.79 bits per heavy atom. The lowest BCUT2D eigenvalue weighted by Crippen LogP contribution is -2.13. The number of hydrogen-bond donors (Lipinski definition) is 1. The lowest BCUT2D eigenvalue weighted by atomic mass is 10.1. The number of oxazole rings is 1. The molecule has 2 aromatic carbocycles. The summed E-state index contributed by atoms with van der Waals surface area (Å²) < 4.78 is 11.1. The molecule has 1 N–H and O–H groups in total. The van der Waals surface area contributed by atoms with E-state index in [-0.39, 0.29) is 5.91 Å². The Bertz CT molecular complexity index is 1200. The molecule has 1 aliphatic rings. The molecule has 1 fully saturated rings. The van der Waals surface area contributed by atoms with Crippen molar-refractivity contribution < 1.29 is 13.7 Å². The van der Waals surface area contributed by atoms with Gasteiger partial charge in [-0.2, -0.15) is 0 Å². The molecular weight excluding hydrogens is 354 g/mol. The number of carbonyl (C=O) groups excluding carboxylic acids is 1. The Balaban J connectivity index is 1.41. The van der Waals surface area contributed by atoms with Gasteiger partial charge in [-0.1, -0.05) is 11.2 Å². The van der Waals surface area contributed by atoms with Crippen LogP contribution >= 0.6 is 0 Å². The SMILES string of the molecule is Cc1ccc2oc(-c3ccc(NC(=O)c4cnoc4C4CC4)c(C)c3)nc2c1. The van der Waals surface area contributed by atoms with E-state index in [1.54, 1.807) is 0 Å². The highest BCUT2D eigenvalue weighted by Gasteiger charge is 2.32. The minimum atomic E-state index is -0.198. The molecule has 6 nitrogen and oxygen atoms in total. The smallest absolute Gasteiger partial charge is 0.260 e. The van der Waals surface area contributed by atoms with Gasteiger partial charge in [0.15, 0.2) is 11.3 Å². The zero-order valence-corrected chi connectivity index (χ0v) is 15.7. The number of fused-ring (bicyclic) bond motifs is 1. The average Bonchev–Trinajstić information content (AvgIpc) is 3.24. The topological polar surface area (TPSA) is 81.2 Å². The molecule has 1 aliphatic carbocycles. The molecule has 0 unspecified atom stereocenters. The molecule has 0 aliphatic heterocycles. The van der Waals surface area contributed by atoms with Crippen LogP contribution in [0.4, 0.5) is 5.69 Å². The number of benzene rings is 2. The lowest BCUT2D eigenvalue weighted by Gasteiger charge is -2.09. The van der Waals surface area contributed by atoms with Crippen molar-refractivity contribution in [2.24, 2.45) is 0 Å². The van der Waals surface area contributed by atoms with Crippen LogP contribution in [0.1, 0.15) is 46.0 Å². The predicted molar refractivity (Wildman–Crippen MR) is 105 cm³/mol. The molecule has 0 atom stereocenters. The van der Waals surface area contributed by atoms with Gasteiger partial charge in [0, 0.05) is 17.2 Å². The fourth-order valence-corrected chi connectivity index (χ4v) is 3.35. The summed E-state index contributed by atoms with van der Waals surface area (Å²) in [6.07, 6.45) is 3.59. The third-order valence-corrected chi connectivity index (χ3v) is 5.06. The number of rotatable bonds is 4. The normalized spacial score (nSPS) is 13.8. The lowest BCUT2D eigenvalue weighted by molar-refractivity contribution is 0.102. The van der Waals surface area contributed by atoms with Crippen LogP contribution in [0.15, 0.2) is 51.5 Å². The van der Waals surface area contributed by atoms with Crippen molar-refractivity contribution in [3.05, 3.63) is 65.0 Å². The van der Waals surface area contributed by atoms with E-state index in [9.17, 15) is 4.79 Å². The number of aromatic nitrogens is 2. The van der Waals surface area contributed by atoms with E-state index in [4.69, 9.17) is 8.94 Å². The monoisotopic (exact) mass is 373 g/mol. The largest absolute Gasteiger partial charge is 0.436 e. The van der Waals surface area contributed by atoms with Crippen molar-refractivity contribution in [3.63, 3.8) is 0 Å². The van der Waals surface area contributed by atoms with Crippen molar-refractivity contribution in [3.8, 4) is 11.5 Å². The number of aryl methyl sites for hydroxylation is 2. The van der Waals surface area contributed by atoms with Crippen molar-refractivity contribution in [2.45, 2.75) is 32.6 Å². The molecule has 1 saturated carbocycles. The Labute approximate surface area is 161 Å². The number of hydrogen-bond acceptors (Lipinski definition) is 5. The molecule has 2 aromatic heterocycles. The van der Waals surface area contributed by atoms with Gasteiger partial charge in [0.2, 0.25) is 5.89 Å². The molecule has 2 heterocycles. The zero-order valence-electron chi connectivity index (χ0n) is 15.7. The summed E-state index contributed by atoms with van der Waals surface area (Å²) in [6, 6.07) is 11.7. The molecule has 0 bridgehead atoms. The maximum Gasteiger partial charge on any atom is 0.260 e. The van der Waals surface area contributed by atoms with Gasteiger partial charge in [-0.3, -0.25) is 4.79 Å². The van der Waals surface area contributed by atoms with E-state index in [0.717, 1.165) is 46.3 Å². The number of anilines is 1. The van der Waals surface area contributed by atoms with Gasteiger partial charge in [0.05, 0.1) is 6.20 Å². The molecule has 5 rings (SSSR count). The van der Waals surface area contributed by atoms with Crippen LogP contribution in [-0.2, 0) is 0 Å². The van der Waals surface area contributed by atoms with Crippen LogP contribution in [0.25, 0.3) is 22.6 Å². The number of amides is 1. The number of nitrogens with zero attached hydrogens (tertiary/aromatic N) is 2. The summed E-state index contributed by atoms with van der Waals surface area (Å²) in [6.45, 7) is 3.97. The first-order valence-corrected chi connectivity index (χ1v) is 9.32. The van der Waals surface area contributed by atoms with Gasteiger partial charge in [-0.25, -0.2) is 4.98 Å². The van der Waals surface area contributed by atoms with Gasteiger partial charge >= 0.3 is 0 Å². The summed E-state index contributed by atoms with van der Waals surface area (Å²) >= 11 is 0. The quantitative estimate of drug-likeness (QED) is 0.530. The van der Waals surface area contributed by atoms with Gasteiger partial charge in [-0.15, -0.1) is 0 Å². The second-order valence-electron chi connectivity index (χ2n) is 7.35. The number of nitrogens with one attached hydrogen (secondary N) is 1. The molecule has 0 saturated heterocycles. The van der Waals surface area contributed by atoms with Crippen LogP contribution in [0.2, 0.25) is 0 Å². The number of carbonyl (C=O) groups is 1. The van der Waals surface area contributed by atoms with Crippen LogP contribution in [-0.4, -0.2) is 16.0 Å². The molecule has 0 radical (unpaired) electrons. The van der Waals surface area contributed by atoms with E-state index >= 15 is 0 Å². The van der Waals surface area contributed by atoms with E-state index < -0.39 is 0 Å². The van der Waals surface area contributed by atoms with Crippen LogP contribution in [0.5, 0.6) is 0 Å². The van der Waals surface area contributed by atoms with Gasteiger partial charge in [-0.05, 0) is 68.1 Å². The van der Waals surface area contributed by atoms with Crippen molar-refractivity contribution in [1.29, 1.82) is 0 Å². The summed E-state index contributed by atoms with van der Waals surface area (Å²) in [5.41, 5.74) is 5.78. The fraction of sp³-hybridized carbons (Fsp3) is 0.227. The Morgan fingerprint density at radius 2 is 2.00 bits per heavy atom. The third kappa shape index (κ3) is 2.97. The second kappa shape index (κ2) is 6.34. The molecule has 0 spiro atoms. The van der Waals surface area contributed by atoms with Crippen LogP contribution in [0, 0.1) is 13.8 Å². The van der Waals surface area contributed by atoms with Crippen molar-refractivity contribution >= 4 is 22.7 Å². The Kier molecular flexibility index (Phi) is 3.79. The first kappa shape index (κ1) is 16.7. The summed E-state index contributed by atoms with van der Waals surface area (Å²) in [5, 5.41) is 6.75. The summed E-state index contributed by atoms with van der Waals surface area (Å²) in [5.74, 6) is 1.39. The van der Waals surface area contributed by atoms with E-state index in [1.165, 1.54) is 6.20 Å². The molecule has 1 amide bonds. The van der Waals surface area contributed by atoms with Gasteiger partial charge in [0.25, 0.3) is 5.91 Å². The maximum atomic E-state index is 12.6. The standard InChI is InChI=1S/C22H19N3O3/c1-12-3-8-19-18(9-12)25-22(27-19)15-6-7-17(13(2)10-15)24-21(26)16-11-23-28-20(16)14-4-5-14/h3,6-11,14H,4-5H2,1-2H3,(H,24,26). The highest BCUT2D eigenvalue weighted by Crippen LogP contribution is 2.41. The molecule has 140 valence electrons. The molecule has 6 heteroatoms. The summed E-state index contributed by atoms with van der Waals surface area (Å²) in [4.78, 5) is 17.2. The second-order valence-corrected chi connectivity index (χ2v) is 7.35. The van der Waals surface area contributed by atoms with Crippen LogP contribution in [0.3, 0.4) is 0 Å². The predicted octanol–water partition coefficient (Wildman–Crippen LogP) is 5.23. The molecular formula is C22H19N3O3. The first-order chi connectivity index (χ1) is 13.6. The summed E-state index contributed by atoms with van der Waals surface area (Å²) in [7, 11) is 0. The minimum absolute atomic E-state index is 0.198. The Morgan fingerprint density at radius 1 is 1.14 bits per heavy atom. The zero-order chi connectivity index (χ0) is 19.3. The van der Waals surface area contributed by atoms with E-state index in [1.807, 2.05) is 50.2 Å². The van der Waals surface area contributed by atoms with Gasteiger partial charge in [0.1, 0.15) is 11.1 Å². The van der Waals surface area contributed by atoms with Gasteiger partial charge < -0.3 is 14.3 Å². The maximum absolute atomic E-state index is 12.6. The van der Waals surface area contributed by atoms with E-state index in [0.29, 0.717) is 23.1 Å². The highest BCUT2D eigenvalue weighted by molar-refractivity contribution is 6.05. The van der Waals surface area contributed by atoms with E-state index in [2.05, 4.69) is 15.5 Å². The molecule has 28 heavy (non-hydrogen) atoms. The van der Waals surface area contributed by atoms with Crippen molar-refractivity contribution in [1.82, 2.24) is 10.1 Å². The molecule has 4 aromatic rings. The third-order valence-electron chi connectivity index (χ3n) is 5.06. The van der Waals surface area contributed by atoms with Crippen molar-refractivity contribution in [2.75, 3.05) is 5.32 Å². The Hall–Kier alpha value is -3.41. The first-order valence-electron chi connectivity index (χ1n) is 9.32. The van der Waals surface area contributed by atoms with Crippen LogP contribution < -0.4 is 5.32 Å². The average molecular weight is 373 g/mol.